The van der Waals surface area contributed by atoms with Crippen molar-refractivity contribution < 1.29 is 15.0 Å². The van der Waals surface area contributed by atoms with Gasteiger partial charge in [0.1, 0.15) is 5.78 Å². The lowest BCUT2D eigenvalue weighted by molar-refractivity contribution is -0.131. The van der Waals surface area contributed by atoms with E-state index in [1.807, 2.05) is 0 Å². The van der Waals surface area contributed by atoms with E-state index in [0.717, 1.165) is 6.42 Å². The van der Waals surface area contributed by atoms with E-state index >= 15 is 0 Å². The molecule has 2 aliphatic rings. The number of fused-ring (bicyclic) bond motifs is 2. The minimum atomic E-state index is -0.579. The first-order valence-corrected chi connectivity index (χ1v) is 4.09. The van der Waals surface area contributed by atoms with Gasteiger partial charge in [-0.25, -0.2) is 0 Å². The number of carbonyl (C=O) groups excluding carboxylic acids is 1. The second-order valence-electron chi connectivity index (χ2n) is 3.58. The van der Waals surface area contributed by atoms with Gasteiger partial charge in [-0.15, -0.1) is 0 Å². The van der Waals surface area contributed by atoms with Gasteiger partial charge >= 0.3 is 0 Å². The summed E-state index contributed by atoms with van der Waals surface area (Å²) in [5, 5.41) is 18.8. The van der Waals surface area contributed by atoms with Gasteiger partial charge in [-0.1, -0.05) is 0 Å². The lowest BCUT2D eigenvalue weighted by atomic mass is 9.85. The maximum Gasteiger partial charge on any atom is 0.141 e. The standard InChI is InChI=1S/C8H12O3/c9-5-2-1-4-3-6(10)7(5)8(4)11/h4,6-8,10-11H,1-3H2. The summed E-state index contributed by atoms with van der Waals surface area (Å²) in [6.45, 7) is 0. The molecule has 11 heavy (non-hydrogen) atoms. The Morgan fingerprint density at radius 2 is 2.09 bits per heavy atom. The molecule has 2 N–H and O–H groups in total. The number of rotatable bonds is 0. The van der Waals surface area contributed by atoms with E-state index in [4.69, 9.17) is 0 Å². The quantitative estimate of drug-likeness (QED) is 0.506. The summed E-state index contributed by atoms with van der Waals surface area (Å²) >= 11 is 0. The van der Waals surface area contributed by atoms with Crippen LogP contribution in [-0.4, -0.2) is 28.2 Å². The molecule has 0 saturated heterocycles. The lowest BCUT2D eigenvalue weighted by Crippen LogP contribution is -2.36. The minimum absolute atomic E-state index is 0.0405. The molecule has 62 valence electrons. The molecule has 2 bridgehead atoms. The summed E-state index contributed by atoms with van der Waals surface area (Å²) in [7, 11) is 0. The fraction of sp³-hybridized carbons (Fsp3) is 0.875. The molecule has 4 unspecified atom stereocenters. The first-order valence-electron chi connectivity index (χ1n) is 4.09. The number of ketones is 1. The van der Waals surface area contributed by atoms with Crippen LogP contribution in [0.4, 0.5) is 0 Å². The molecule has 0 aliphatic heterocycles. The largest absolute Gasteiger partial charge is 0.392 e. The Morgan fingerprint density at radius 1 is 1.36 bits per heavy atom. The Bertz CT molecular complexity index is 190. The maximum atomic E-state index is 11.2. The molecular formula is C8H12O3. The molecule has 0 aromatic rings. The second-order valence-corrected chi connectivity index (χ2v) is 3.58. The van der Waals surface area contributed by atoms with Crippen molar-refractivity contribution in [3.63, 3.8) is 0 Å². The molecule has 0 spiro atoms. The van der Waals surface area contributed by atoms with Crippen molar-refractivity contribution in [2.75, 3.05) is 0 Å². The SMILES string of the molecule is O=C1CCC2CC(O)C1C2O. The van der Waals surface area contributed by atoms with Crippen molar-refractivity contribution in [3.8, 4) is 0 Å². The average Bonchev–Trinajstić information content (AvgIpc) is 2.11. The molecule has 0 radical (unpaired) electrons. The van der Waals surface area contributed by atoms with Crippen molar-refractivity contribution in [1.29, 1.82) is 0 Å². The first kappa shape index (κ1) is 7.25. The molecule has 2 aliphatic carbocycles. The van der Waals surface area contributed by atoms with Crippen LogP contribution in [0.15, 0.2) is 0 Å². The van der Waals surface area contributed by atoms with Crippen molar-refractivity contribution >= 4 is 5.78 Å². The monoisotopic (exact) mass is 156 g/mol. The van der Waals surface area contributed by atoms with Crippen molar-refractivity contribution in [2.24, 2.45) is 11.8 Å². The highest BCUT2D eigenvalue weighted by Gasteiger charge is 2.48. The first-order chi connectivity index (χ1) is 5.20. The van der Waals surface area contributed by atoms with Crippen molar-refractivity contribution in [3.05, 3.63) is 0 Å². The van der Waals surface area contributed by atoms with Gasteiger partial charge in [0.15, 0.2) is 0 Å². The Balaban J connectivity index is 2.25. The number of Topliss-reactive ketones (excluding diaryl/α,β-unsaturated/α-hetero) is 1. The Morgan fingerprint density at radius 3 is 2.73 bits per heavy atom. The van der Waals surface area contributed by atoms with E-state index < -0.39 is 18.1 Å². The highest BCUT2D eigenvalue weighted by Crippen LogP contribution is 2.40. The lowest BCUT2D eigenvalue weighted by Gasteiger charge is -2.24. The number of carbonyl (C=O) groups is 1. The van der Waals surface area contributed by atoms with E-state index in [1.54, 1.807) is 0 Å². The van der Waals surface area contributed by atoms with Crippen LogP contribution in [0, 0.1) is 11.8 Å². The van der Waals surface area contributed by atoms with Crippen molar-refractivity contribution in [1.82, 2.24) is 0 Å². The van der Waals surface area contributed by atoms with Gasteiger partial charge < -0.3 is 10.2 Å². The normalized spacial score (nSPS) is 49.8. The predicted molar refractivity (Wildman–Crippen MR) is 37.9 cm³/mol. The summed E-state index contributed by atoms with van der Waals surface area (Å²) in [5.41, 5.74) is 0. The molecule has 3 nitrogen and oxygen atoms in total. The number of hydrogen-bond donors (Lipinski definition) is 2. The Hall–Kier alpha value is -0.410. The van der Waals surface area contributed by atoms with Gasteiger partial charge in [0.05, 0.1) is 18.1 Å². The molecule has 0 aromatic carbocycles. The average molecular weight is 156 g/mol. The van der Waals surface area contributed by atoms with Crippen LogP contribution in [0.3, 0.4) is 0 Å². The summed E-state index contributed by atoms with van der Waals surface area (Å²) < 4.78 is 0. The van der Waals surface area contributed by atoms with Gasteiger partial charge in [-0.3, -0.25) is 4.79 Å². The zero-order valence-corrected chi connectivity index (χ0v) is 6.23. The van der Waals surface area contributed by atoms with Crippen LogP contribution < -0.4 is 0 Å². The van der Waals surface area contributed by atoms with Crippen molar-refractivity contribution in [2.45, 2.75) is 31.5 Å². The minimum Gasteiger partial charge on any atom is -0.392 e. The van der Waals surface area contributed by atoms with E-state index in [2.05, 4.69) is 0 Å². The van der Waals surface area contributed by atoms with Crippen LogP contribution in [0.1, 0.15) is 19.3 Å². The fourth-order valence-electron chi connectivity index (χ4n) is 2.31. The van der Waals surface area contributed by atoms with Crippen LogP contribution in [0.2, 0.25) is 0 Å². The molecule has 0 amide bonds. The van der Waals surface area contributed by atoms with Crippen LogP contribution in [-0.2, 0) is 4.79 Å². The van der Waals surface area contributed by atoms with Gasteiger partial charge in [0.2, 0.25) is 0 Å². The van der Waals surface area contributed by atoms with Gasteiger partial charge in [0.25, 0.3) is 0 Å². The molecule has 2 fully saturated rings. The molecule has 2 rings (SSSR count). The third-order valence-electron chi connectivity index (χ3n) is 2.94. The summed E-state index contributed by atoms with van der Waals surface area (Å²) in [6, 6.07) is 0. The zero-order valence-electron chi connectivity index (χ0n) is 6.23. The number of aliphatic hydroxyl groups is 2. The highest BCUT2D eigenvalue weighted by molar-refractivity contribution is 5.83. The van der Waals surface area contributed by atoms with E-state index in [1.165, 1.54) is 0 Å². The molecule has 2 saturated carbocycles. The number of hydrogen-bond acceptors (Lipinski definition) is 3. The third kappa shape index (κ3) is 0.914. The summed E-state index contributed by atoms with van der Waals surface area (Å²) in [5.74, 6) is -0.250. The topological polar surface area (TPSA) is 57.5 Å². The van der Waals surface area contributed by atoms with Crippen LogP contribution in [0.25, 0.3) is 0 Å². The predicted octanol–water partition coefficient (Wildman–Crippen LogP) is -0.293. The molecular weight excluding hydrogens is 144 g/mol. The smallest absolute Gasteiger partial charge is 0.141 e. The van der Waals surface area contributed by atoms with Crippen LogP contribution >= 0.6 is 0 Å². The zero-order chi connectivity index (χ0) is 8.01. The Kier molecular flexibility index (Phi) is 1.51. The molecule has 4 atom stereocenters. The molecule has 0 aromatic heterocycles. The van der Waals surface area contributed by atoms with Gasteiger partial charge in [-0.05, 0) is 18.8 Å². The Labute approximate surface area is 65.0 Å². The highest BCUT2D eigenvalue weighted by atomic mass is 16.3. The van der Waals surface area contributed by atoms with E-state index in [0.29, 0.717) is 12.8 Å². The van der Waals surface area contributed by atoms with Crippen LogP contribution in [0.5, 0.6) is 0 Å². The summed E-state index contributed by atoms with van der Waals surface area (Å²) in [4.78, 5) is 11.2. The maximum absolute atomic E-state index is 11.2. The molecule has 0 heterocycles. The van der Waals surface area contributed by atoms with Gasteiger partial charge in [0, 0.05) is 6.42 Å². The van der Waals surface area contributed by atoms with E-state index in [9.17, 15) is 15.0 Å². The van der Waals surface area contributed by atoms with E-state index in [-0.39, 0.29) is 11.7 Å². The fourth-order valence-corrected chi connectivity index (χ4v) is 2.31. The summed E-state index contributed by atoms with van der Waals surface area (Å²) in [6.07, 6.45) is 0.769. The molecule has 3 heteroatoms. The number of aliphatic hydroxyl groups excluding tert-OH is 2. The third-order valence-corrected chi connectivity index (χ3v) is 2.94. The van der Waals surface area contributed by atoms with Gasteiger partial charge in [-0.2, -0.15) is 0 Å². The second kappa shape index (κ2) is 2.29.